The number of aromatic nitrogens is 3. The molecule has 12 nitrogen and oxygen atoms in total. The minimum atomic E-state index is -3.59. The van der Waals surface area contributed by atoms with Crippen LogP contribution in [-0.4, -0.2) is 109 Å². The first-order valence-corrected chi connectivity index (χ1v) is 18.4. The van der Waals surface area contributed by atoms with Crippen LogP contribution in [0.1, 0.15) is 18.4 Å². The molecule has 51 heavy (non-hydrogen) atoms. The van der Waals surface area contributed by atoms with Gasteiger partial charge in [0.05, 0.1) is 48.3 Å². The molecule has 1 atom stereocenters. The SMILES string of the molecule is C#Cc1c(F)ccc2cc(O)cc(-c3ncc4c(N5CCS(=O)(=O)C[C@H](NC(=O)C=C)C5)nc(OCC5(CN6CCOCC6)CC5)nc4c3F)c12. The number of rotatable bonds is 9. The third-order valence-electron chi connectivity index (χ3n) is 9.62. The van der Waals surface area contributed by atoms with Gasteiger partial charge < -0.3 is 24.8 Å². The van der Waals surface area contributed by atoms with Crippen molar-refractivity contribution < 1.29 is 36.6 Å². The number of aromatic hydroxyl groups is 1. The summed E-state index contributed by atoms with van der Waals surface area (Å²) in [6.45, 7) is 7.49. The molecule has 266 valence electrons. The largest absolute Gasteiger partial charge is 0.508 e. The number of phenols is 1. The summed E-state index contributed by atoms with van der Waals surface area (Å²) in [7, 11) is -3.59. The molecule has 2 aliphatic heterocycles. The average Bonchev–Trinajstić information content (AvgIpc) is 3.90. The summed E-state index contributed by atoms with van der Waals surface area (Å²) in [6.07, 6.45) is 9.94. The molecule has 1 saturated carbocycles. The topological polar surface area (TPSA) is 147 Å². The first-order chi connectivity index (χ1) is 24.5. The van der Waals surface area contributed by atoms with Gasteiger partial charge >= 0.3 is 6.01 Å². The van der Waals surface area contributed by atoms with Gasteiger partial charge in [0.1, 0.15) is 28.6 Å². The molecule has 0 unspecified atom stereocenters. The van der Waals surface area contributed by atoms with Crippen molar-refractivity contribution in [3.63, 3.8) is 0 Å². The third-order valence-corrected chi connectivity index (χ3v) is 11.3. The van der Waals surface area contributed by atoms with E-state index in [-0.39, 0.29) is 87.3 Å². The highest BCUT2D eigenvalue weighted by Gasteiger charge is 2.45. The van der Waals surface area contributed by atoms with E-state index in [2.05, 4.69) is 37.7 Å². The number of hydrogen-bond acceptors (Lipinski definition) is 11. The van der Waals surface area contributed by atoms with Gasteiger partial charge in [-0.2, -0.15) is 9.97 Å². The molecule has 2 N–H and O–H groups in total. The van der Waals surface area contributed by atoms with E-state index in [1.54, 1.807) is 4.90 Å². The summed E-state index contributed by atoms with van der Waals surface area (Å²) in [4.78, 5) is 29.8. The molecule has 2 saturated heterocycles. The number of terminal acetylenes is 1. The van der Waals surface area contributed by atoms with Gasteiger partial charge in [-0.3, -0.25) is 14.7 Å². The van der Waals surface area contributed by atoms with Gasteiger partial charge in [0.25, 0.3) is 0 Å². The van der Waals surface area contributed by atoms with Crippen LogP contribution in [-0.2, 0) is 19.4 Å². The van der Waals surface area contributed by atoms with E-state index in [1.165, 1.54) is 30.5 Å². The number of pyridine rings is 1. The zero-order valence-corrected chi connectivity index (χ0v) is 28.5. The molecule has 0 radical (unpaired) electrons. The summed E-state index contributed by atoms with van der Waals surface area (Å²) >= 11 is 0. The van der Waals surface area contributed by atoms with Crippen molar-refractivity contribution in [1.29, 1.82) is 0 Å². The molecular formula is C36H36F2N6O6S. The number of nitrogens with zero attached hydrogens (tertiary/aromatic N) is 5. The predicted molar refractivity (Wildman–Crippen MR) is 187 cm³/mol. The Kier molecular flexibility index (Phi) is 9.25. The van der Waals surface area contributed by atoms with Crippen molar-refractivity contribution in [2.24, 2.45) is 5.41 Å². The van der Waals surface area contributed by atoms with Gasteiger partial charge in [-0.1, -0.05) is 18.6 Å². The minimum absolute atomic E-state index is 0.0132. The molecule has 15 heteroatoms. The summed E-state index contributed by atoms with van der Waals surface area (Å²) in [5.74, 6) is -0.422. The Morgan fingerprint density at radius 2 is 2.00 bits per heavy atom. The van der Waals surface area contributed by atoms with Crippen molar-refractivity contribution >= 4 is 43.2 Å². The number of ether oxygens (including phenoxy) is 2. The number of hydrogen-bond donors (Lipinski definition) is 2. The van der Waals surface area contributed by atoms with Crippen LogP contribution in [0.15, 0.2) is 43.1 Å². The number of sulfone groups is 1. The molecule has 2 aromatic heterocycles. The van der Waals surface area contributed by atoms with E-state index in [9.17, 15) is 22.7 Å². The first kappa shape index (κ1) is 34.5. The van der Waals surface area contributed by atoms with Crippen LogP contribution < -0.4 is 15.0 Å². The maximum absolute atomic E-state index is 16.9. The Labute approximate surface area is 293 Å². The third kappa shape index (κ3) is 7.17. The summed E-state index contributed by atoms with van der Waals surface area (Å²) in [5, 5.41) is 14.0. The Balaban J connectivity index is 1.34. The normalized spacial score (nSPS) is 20.0. The fraction of sp³-hybridized carbons (Fsp3) is 0.389. The number of carbonyl (C=O) groups is 1. The lowest BCUT2D eigenvalue weighted by Gasteiger charge is -2.30. The van der Waals surface area contributed by atoms with Crippen molar-refractivity contribution in [2.45, 2.75) is 18.9 Å². The molecule has 0 bridgehead atoms. The zero-order valence-electron chi connectivity index (χ0n) is 27.7. The van der Waals surface area contributed by atoms with Crippen LogP contribution in [0.25, 0.3) is 32.9 Å². The lowest BCUT2D eigenvalue weighted by Crippen LogP contribution is -2.45. The standard InChI is InChI=1S/C36H36F2N6O6S/c1-3-25-28(37)6-5-22-15-24(45)16-26(30(22)25)32-31(38)33-27(17-39-32)34(44-11-14-51(47,48)19-23(18-44)40-29(46)4-2)42-35(41-33)50-21-36(7-8-36)20-43-9-12-49-13-10-43/h1,4-6,15-17,23,45H,2,7-14,18-21H2,(H,40,46)/t23-/m1/s1. The van der Waals surface area contributed by atoms with E-state index in [1.807, 2.05) is 0 Å². The number of amides is 1. The quantitative estimate of drug-likeness (QED) is 0.194. The fourth-order valence-electron chi connectivity index (χ4n) is 6.83. The molecule has 2 aromatic carbocycles. The number of morpholine rings is 1. The fourth-order valence-corrected chi connectivity index (χ4v) is 8.30. The molecule has 3 fully saturated rings. The second kappa shape index (κ2) is 13.7. The number of benzene rings is 2. The second-order valence-corrected chi connectivity index (χ2v) is 15.5. The molecule has 0 spiro atoms. The maximum atomic E-state index is 16.9. The highest BCUT2D eigenvalue weighted by molar-refractivity contribution is 7.91. The van der Waals surface area contributed by atoms with E-state index in [0.29, 0.717) is 18.6 Å². The van der Waals surface area contributed by atoms with Crippen LogP contribution in [0.5, 0.6) is 11.8 Å². The lowest BCUT2D eigenvalue weighted by molar-refractivity contribution is -0.116. The van der Waals surface area contributed by atoms with Gasteiger partial charge in [-0.05, 0) is 42.5 Å². The second-order valence-electron chi connectivity index (χ2n) is 13.3. The van der Waals surface area contributed by atoms with Crippen molar-refractivity contribution in [3.05, 3.63) is 60.3 Å². The van der Waals surface area contributed by atoms with Gasteiger partial charge in [-0.15, -0.1) is 6.42 Å². The number of phenolic OH excluding ortho intramolecular Hbond substituents is 1. The first-order valence-electron chi connectivity index (χ1n) is 16.6. The van der Waals surface area contributed by atoms with E-state index >= 15 is 4.39 Å². The number of fused-ring (bicyclic) bond motifs is 2. The zero-order chi connectivity index (χ0) is 35.9. The maximum Gasteiger partial charge on any atom is 0.319 e. The van der Waals surface area contributed by atoms with Crippen LogP contribution in [0, 0.1) is 29.4 Å². The Hall–Kier alpha value is -4.91. The van der Waals surface area contributed by atoms with Crippen molar-refractivity contribution in [3.8, 4) is 35.4 Å². The number of nitrogens with one attached hydrogen (secondary N) is 1. The Morgan fingerprint density at radius 3 is 2.73 bits per heavy atom. The van der Waals surface area contributed by atoms with Gasteiger partial charge in [0.15, 0.2) is 15.7 Å². The van der Waals surface area contributed by atoms with Crippen LogP contribution in [0.3, 0.4) is 0 Å². The van der Waals surface area contributed by atoms with E-state index < -0.39 is 33.4 Å². The molecule has 3 aliphatic rings. The van der Waals surface area contributed by atoms with Crippen LogP contribution >= 0.6 is 0 Å². The predicted octanol–water partition coefficient (Wildman–Crippen LogP) is 3.21. The van der Waals surface area contributed by atoms with Gasteiger partial charge in [0.2, 0.25) is 5.91 Å². The van der Waals surface area contributed by atoms with Gasteiger partial charge in [0, 0.05) is 55.3 Å². The molecular weight excluding hydrogens is 682 g/mol. The highest BCUT2D eigenvalue weighted by atomic mass is 32.2. The summed E-state index contributed by atoms with van der Waals surface area (Å²) in [6, 6.07) is 4.30. The van der Waals surface area contributed by atoms with Gasteiger partial charge in [-0.25, -0.2) is 17.2 Å². The average molecular weight is 719 g/mol. The highest BCUT2D eigenvalue weighted by Crippen LogP contribution is 2.47. The Morgan fingerprint density at radius 1 is 1.22 bits per heavy atom. The molecule has 7 rings (SSSR count). The summed E-state index contributed by atoms with van der Waals surface area (Å²) < 4.78 is 69.3. The molecule has 1 amide bonds. The number of carbonyl (C=O) groups excluding carboxylic acids is 1. The smallest absolute Gasteiger partial charge is 0.319 e. The molecule has 4 heterocycles. The number of halogens is 2. The lowest BCUT2D eigenvalue weighted by atomic mass is 9.96. The van der Waals surface area contributed by atoms with Crippen LogP contribution in [0.4, 0.5) is 14.6 Å². The summed E-state index contributed by atoms with van der Waals surface area (Å²) in [5.41, 5.74) is -0.641. The van der Waals surface area contributed by atoms with Crippen LogP contribution in [0.2, 0.25) is 0 Å². The monoisotopic (exact) mass is 718 g/mol. The Bertz CT molecular complexity index is 2200. The van der Waals surface area contributed by atoms with E-state index in [4.69, 9.17) is 15.9 Å². The van der Waals surface area contributed by atoms with Crippen molar-refractivity contribution in [2.75, 3.05) is 69.0 Å². The van der Waals surface area contributed by atoms with Crippen molar-refractivity contribution in [1.82, 2.24) is 25.2 Å². The number of anilines is 1. The molecule has 4 aromatic rings. The molecule has 1 aliphatic carbocycles. The van der Waals surface area contributed by atoms with E-state index in [0.717, 1.165) is 38.6 Å². The minimum Gasteiger partial charge on any atom is -0.508 e.